The molecule has 0 bridgehead atoms. The second kappa shape index (κ2) is 3.99. The molecule has 2 aromatic rings. The third-order valence-electron chi connectivity index (χ3n) is 2.59. The van der Waals surface area contributed by atoms with Crippen LogP contribution in [0.2, 0.25) is 0 Å². The fourth-order valence-electron chi connectivity index (χ4n) is 1.78. The summed E-state index contributed by atoms with van der Waals surface area (Å²) in [6.07, 6.45) is 3.02. The standard InChI is InChI=1S/C12H6BrN3O2/c13-7-3-4-9(15-6-7)16-11(17)8-2-1-5-14-10(8)12(16)18/h1-6H. The van der Waals surface area contributed by atoms with Crippen molar-refractivity contribution >= 4 is 33.6 Å². The van der Waals surface area contributed by atoms with Crippen molar-refractivity contribution in [2.45, 2.75) is 0 Å². The number of pyridine rings is 2. The molecular weight excluding hydrogens is 298 g/mol. The van der Waals surface area contributed by atoms with Gasteiger partial charge in [-0.1, -0.05) is 0 Å². The van der Waals surface area contributed by atoms with E-state index in [0.29, 0.717) is 11.4 Å². The van der Waals surface area contributed by atoms with Gasteiger partial charge in [-0.2, -0.15) is 0 Å². The highest BCUT2D eigenvalue weighted by molar-refractivity contribution is 9.10. The Balaban J connectivity index is 2.09. The van der Waals surface area contributed by atoms with Crippen LogP contribution in [0.25, 0.3) is 0 Å². The predicted molar refractivity (Wildman–Crippen MR) is 67.3 cm³/mol. The molecule has 0 fully saturated rings. The normalized spacial score (nSPS) is 13.9. The monoisotopic (exact) mass is 303 g/mol. The van der Waals surface area contributed by atoms with E-state index in [9.17, 15) is 9.59 Å². The highest BCUT2D eigenvalue weighted by Crippen LogP contribution is 2.25. The van der Waals surface area contributed by atoms with Crippen LogP contribution < -0.4 is 4.90 Å². The average Bonchev–Trinajstić information content (AvgIpc) is 2.64. The Morgan fingerprint density at radius 1 is 1.06 bits per heavy atom. The molecule has 0 aliphatic carbocycles. The summed E-state index contributed by atoms with van der Waals surface area (Å²) in [6, 6.07) is 6.54. The van der Waals surface area contributed by atoms with E-state index in [-0.39, 0.29) is 5.69 Å². The number of carbonyl (C=O) groups excluding carboxylic acids is 2. The summed E-state index contributed by atoms with van der Waals surface area (Å²) in [5, 5.41) is 0. The molecule has 5 nitrogen and oxygen atoms in total. The lowest BCUT2D eigenvalue weighted by molar-refractivity contribution is 0.0923. The maximum atomic E-state index is 12.1. The summed E-state index contributed by atoms with van der Waals surface area (Å²) in [5.74, 6) is -0.533. The minimum absolute atomic E-state index is 0.173. The molecule has 0 radical (unpaired) electrons. The number of hydrogen-bond donors (Lipinski definition) is 0. The predicted octanol–water partition coefficient (Wildman–Crippen LogP) is 2.04. The van der Waals surface area contributed by atoms with Crippen molar-refractivity contribution in [3.05, 3.63) is 52.4 Å². The van der Waals surface area contributed by atoms with Crippen molar-refractivity contribution in [1.29, 1.82) is 0 Å². The van der Waals surface area contributed by atoms with Gasteiger partial charge in [0.15, 0.2) is 0 Å². The van der Waals surface area contributed by atoms with Crippen molar-refractivity contribution < 1.29 is 9.59 Å². The molecule has 0 saturated heterocycles. The molecule has 0 atom stereocenters. The SMILES string of the molecule is O=C1c2cccnc2C(=O)N1c1ccc(Br)cn1. The summed E-state index contributed by atoms with van der Waals surface area (Å²) in [5.41, 5.74) is 0.486. The Labute approximate surface area is 111 Å². The first kappa shape index (κ1) is 11.0. The number of imide groups is 1. The Bertz CT molecular complexity index is 620. The van der Waals surface area contributed by atoms with E-state index in [4.69, 9.17) is 0 Å². The Hall–Kier alpha value is -2.08. The zero-order chi connectivity index (χ0) is 12.7. The Morgan fingerprint density at radius 2 is 1.89 bits per heavy atom. The number of halogens is 1. The average molecular weight is 304 g/mol. The Kier molecular flexibility index (Phi) is 2.45. The van der Waals surface area contributed by atoms with E-state index in [0.717, 1.165) is 9.37 Å². The Morgan fingerprint density at radius 3 is 2.56 bits per heavy atom. The summed E-state index contributed by atoms with van der Waals surface area (Å²) in [7, 11) is 0. The van der Waals surface area contributed by atoms with Crippen LogP contribution in [0.15, 0.2) is 41.1 Å². The fourth-order valence-corrected chi connectivity index (χ4v) is 2.01. The van der Waals surface area contributed by atoms with Crippen LogP contribution >= 0.6 is 15.9 Å². The molecule has 1 aliphatic heterocycles. The minimum atomic E-state index is -0.439. The number of amides is 2. The maximum absolute atomic E-state index is 12.1. The highest BCUT2D eigenvalue weighted by Gasteiger charge is 2.38. The topological polar surface area (TPSA) is 63.2 Å². The number of rotatable bonds is 1. The molecule has 88 valence electrons. The van der Waals surface area contributed by atoms with Crippen molar-refractivity contribution in [1.82, 2.24) is 9.97 Å². The van der Waals surface area contributed by atoms with Gasteiger partial charge >= 0.3 is 0 Å². The van der Waals surface area contributed by atoms with Crippen LogP contribution in [-0.4, -0.2) is 21.8 Å². The molecule has 0 unspecified atom stereocenters. The number of hydrogen-bond acceptors (Lipinski definition) is 4. The van der Waals surface area contributed by atoms with Gasteiger partial charge in [-0.3, -0.25) is 14.6 Å². The van der Waals surface area contributed by atoms with Crippen LogP contribution in [-0.2, 0) is 0 Å². The summed E-state index contributed by atoms with van der Waals surface area (Å²) >= 11 is 3.25. The van der Waals surface area contributed by atoms with Crippen LogP contribution in [0.5, 0.6) is 0 Å². The van der Waals surface area contributed by atoms with E-state index in [1.165, 1.54) is 12.4 Å². The fraction of sp³-hybridized carbons (Fsp3) is 0. The lowest BCUT2D eigenvalue weighted by atomic mass is 10.2. The zero-order valence-corrected chi connectivity index (χ0v) is 10.6. The second-order valence-electron chi connectivity index (χ2n) is 3.68. The first-order chi connectivity index (χ1) is 8.68. The van der Waals surface area contributed by atoms with Gasteiger partial charge in [-0.15, -0.1) is 0 Å². The minimum Gasteiger partial charge on any atom is -0.268 e. The number of carbonyl (C=O) groups is 2. The maximum Gasteiger partial charge on any atom is 0.285 e. The van der Waals surface area contributed by atoms with E-state index in [2.05, 4.69) is 25.9 Å². The van der Waals surface area contributed by atoms with Crippen LogP contribution in [0.1, 0.15) is 20.8 Å². The lowest BCUT2D eigenvalue weighted by Crippen LogP contribution is -2.30. The molecule has 0 aromatic carbocycles. The summed E-state index contributed by atoms with van der Waals surface area (Å²) in [6.45, 7) is 0. The van der Waals surface area contributed by atoms with Crippen molar-refractivity contribution in [3.63, 3.8) is 0 Å². The largest absolute Gasteiger partial charge is 0.285 e. The van der Waals surface area contributed by atoms with Gasteiger partial charge < -0.3 is 0 Å². The number of nitrogens with zero attached hydrogens (tertiary/aromatic N) is 3. The van der Waals surface area contributed by atoms with Crippen LogP contribution in [0.3, 0.4) is 0 Å². The first-order valence-corrected chi connectivity index (χ1v) is 5.93. The first-order valence-electron chi connectivity index (χ1n) is 5.14. The molecule has 2 aromatic heterocycles. The third kappa shape index (κ3) is 1.53. The molecule has 2 amide bonds. The second-order valence-corrected chi connectivity index (χ2v) is 4.60. The molecule has 0 spiro atoms. The van der Waals surface area contributed by atoms with Gasteiger partial charge in [0.2, 0.25) is 0 Å². The van der Waals surface area contributed by atoms with E-state index in [1.54, 1.807) is 24.3 Å². The van der Waals surface area contributed by atoms with Crippen LogP contribution in [0, 0.1) is 0 Å². The van der Waals surface area contributed by atoms with Gasteiger partial charge in [0.1, 0.15) is 11.5 Å². The summed E-state index contributed by atoms with van der Waals surface area (Å²) < 4.78 is 0.779. The van der Waals surface area contributed by atoms with Crippen molar-refractivity contribution in [2.24, 2.45) is 0 Å². The molecule has 3 heterocycles. The lowest BCUT2D eigenvalue weighted by Gasteiger charge is -2.11. The van der Waals surface area contributed by atoms with Gasteiger partial charge in [0.05, 0.1) is 5.56 Å². The van der Waals surface area contributed by atoms with Crippen molar-refractivity contribution in [2.75, 3.05) is 4.90 Å². The number of aromatic nitrogens is 2. The van der Waals surface area contributed by atoms with E-state index in [1.807, 2.05) is 0 Å². The van der Waals surface area contributed by atoms with Gasteiger partial charge in [-0.25, -0.2) is 9.88 Å². The van der Waals surface area contributed by atoms with Gasteiger partial charge in [0, 0.05) is 16.9 Å². The molecule has 0 N–H and O–H groups in total. The quantitative estimate of drug-likeness (QED) is 0.756. The van der Waals surface area contributed by atoms with E-state index < -0.39 is 11.8 Å². The molecule has 18 heavy (non-hydrogen) atoms. The molecule has 0 saturated carbocycles. The van der Waals surface area contributed by atoms with Gasteiger partial charge in [-0.05, 0) is 40.2 Å². The third-order valence-corrected chi connectivity index (χ3v) is 3.06. The number of anilines is 1. The van der Waals surface area contributed by atoms with Crippen LogP contribution in [0.4, 0.5) is 5.82 Å². The molecule has 6 heteroatoms. The molecule has 3 rings (SSSR count). The van der Waals surface area contributed by atoms with E-state index >= 15 is 0 Å². The smallest absolute Gasteiger partial charge is 0.268 e. The number of fused-ring (bicyclic) bond motifs is 1. The molecule has 1 aliphatic rings. The highest BCUT2D eigenvalue weighted by atomic mass is 79.9. The van der Waals surface area contributed by atoms with Gasteiger partial charge in [0.25, 0.3) is 11.8 Å². The summed E-state index contributed by atoms with van der Waals surface area (Å²) in [4.78, 5) is 33.2. The zero-order valence-electron chi connectivity index (χ0n) is 9.00. The van der Waals surface area contributed by atoms with Crippen molar-refractivity contribution in [3.8, 4) is 0 Å². The molecular formula is C12H6BrN3O2.